The number of hydrogen-bond donors (Lipinski definition) is 1. The Kier molecular flexibility index (Phi) is 2.94. The predicted molar refractivity (Wildman–Crippen MR) is 71.1 cm³/mol. The van der Waals surface area contributed by atoms with Gasteiger partial charge in [0.2, 0.25) is 18.6 Å². The van der Waals surface area contributed by atoms with Gasteiger partial charge in [-0.05, 0) is 6.07 Å². The van der Waals surface area contributed by atoms with Gasteiger partial charge in [0.1, 0.15) is 5.75 Å². The van der Waals surface area contributed by atoms with Crippen molar-refractivity contribution >= 4 is 5.95 Å². The minimum Gasteiger partial charge on any atom is -0.496 e. The number of hydrogen-bond acceptors (Lipinski definition) is 7. The number of nitrogens with zero attached hydrogens (tertiary/aromatic N) is 2. The van der Waals surface area contributed by atoms with E-state index >= 15 is 0 Å². The van der Waals surface area contributed by atoms with E-state index in [1.807, 2.05) is 0 Å². The molecule has 0 atom stereocenters. The van der Waals surface area contributed by atoms with Crippen LogP contribution in [-0.2, 0) is 0 Å². The molecule has 0 aliphatic carbocycles. The van der Waals surface area contributed by atoms with Crippen molar-refractivity contribution < 1.29 is 18.9 Å². The third-order valence-corrected chi connectivity index (χ3v) is 2.90. The summed E-state index contributed by atoms with van der Waals surface area (Å²) in [5.41, 5.74) is 6.99. The van der Waals surface area contributed by atoms with Crippen LogP contribution >= 0.6 is 0 Å². The van der Waals surface area contributed by atoms with E-state index in [1.165, 1.54) is 7.11 Å². The molecular formula is C13H13N3O4. The van der Waals surface area contributed by atoms with Crippen molar-refractivity contribution in [2.75, 3.05) is 26.7 Å². The summed E-state index contributed by atoms with van der Waals surface area (Å²) in [7, 11) is 3.09. The lowest BCUT2D eigenvalue weighted by Gasteiger charge is -2.10. The Labute approximate surface area is 115 Å². The van der Waals surface area contributed by atoms with Crippen LogP contribution < -0.4 is 24.7 Å². The van der Waals surface area contributed by atoms with Gasteiger partial charge in [-0.1, -0.05) is 0 Å². The van der Waals surface area contributed by atoms with Crippen molar-refractivity contribution in [2.24, 2.45) is 0 Å². The molecule has 0 unspecified atom stereocenters. The average molecular weight is 275 g/mol. The average Bonchev–Trinajstić information content (AvgIpc) is 2.92. The highest BCUT2D eigenvalue weighted by Crippen LogP contribution is 2.42. The second-order valence-electron chi connectivity index (χ2n) is 4.06. The van der Waals surface area contributed by atoms with Gasteiger partial charge in [0.15, 0.2) is 11.5 Å². The first-order valence-corrected chi connectivity index (χ1v) is 5.88. The molecule has 3 rings (SSSR count). The van der Waals surface area contributed by atoms with E-state index in [0.717, 1.165) is 5.56 Å². The van der Waals surface area contributed by atoms with Gasteiger partial charge in [-0.2, -0.15) is 4.98 Å². The zero-order chi connectivity index (χ0) is 14.1. The van der Waals surface area contributed by atoms with Gasteiger partial charge < -0.3 is 24.7 Å². The molecule has 0 amide bonds. The quantitative estimate of drug-likeness (QED) is 0.907. The Morgan fingerprint density at radius 2 is 1.80 bits per heavy atom. The molecule has 2 aromatic rings. The SMILES string of the molecule is COc1cc(-c2cc3c(cc2OC)OCO3)nc(N)n1. The number of anilines is 1. The van der Waals surface area contributed by atoms with Crippen molar-refractivity contribution in [3.05, 3.63) is 18.2 Å². The minimum atomic E-state index is 0.124. The first kappa shape index (κ1) is 12.3. The van der Waals surface area contributed by atoms with E-state index in [9.17, 15) is 0 Å². The number of benzene rings is 1. The molecule has 7 nitrogen and oxygen atoms in total. The maximum absolute atomic E-state index is 5.68. The second-order valence-corrected chi connectivity index (χ2v) is 4.06. The summed E-state index contributed by atoms with van der Waals surface area (Å²) in [6, 6.07) is 5.22. The van der Waals surface area contributed by atoms with Crippen LogP contribution in [0.2, 0.25) is 0 Å². The largest absolute Gasteiger partial charge is 0.496 e. The molecule has 0 saturated heterocycles. The van der Waals surface area contributed by atoms with Gasteiger partial charge in [0.25, 0.3) is 0 Å². The Morgan fingerprint density at radius 3 is 2.50 bits per heavy atom. The topological polar surface area (TPSA) is 88.7 Å². The van der Waals surface area contributed by atoms with E-state index in [0.29, 0.717) is 28.8 Å². The molecule has 7 heteroatoms. The third kappa shape index (κ3) is 2.03. The Hall–Kier alpha value is -2.70. The number of nitrogens with two attached hydrogens (primary N) is 1. The van der Waals surface area contributed by atoms with E-state index in [-0.39, 0.29) is 12.7 Å². The van der Waals surface area contributed by atoms with E-state index < -0.39 is 0 Å². The maximum Gasteiger partial charge on any atom is 0.231 e. The normalized spacial score (nSPS) is 12.3. The first-order chi connectivity index (χ1) is 9.71. The third-order valence-electron chi connectivity index (χ3n) is 2.90. The number of nitrogen functional groups attached to an aromatic ring is 1. The van der Waals surface area contributed by atoms with Crippen molar-refractivity contribution in [3.63, 3.8) is 0 Å². The number of aromatic nitrogens is 2. The molecule has 2 heterocycles. The molecule has 0 bridgehead atoms. The Morgan fingerprint density at radius 1 is 1.05 bits per heavy atom. The Balaban J connectivity index is 2.16. The number of methoxy groups -OCH3 is 2. The molecule has 1 aliphatic rings. The highest BCUT2D eigenvalue weighted by atomic mass is 16.7. The summed E-state index contributed by atoms with van der Waals surface area (Å²) in [6.45, 7) is 0.192. The van der Waals surface area contributed by atoms with Gasteiger partial charge in [0.05, 0.1) is 19.9 Å². The fourth-order valence-corrected chi connectivity index (χ4v) is 1.98. The number of ether oxygens (including phenoxy) is 4. The molecule has 0 spiro atoms. The fourth-order valence-electron chi connectivity index (χ4n) is 1.98. The predicted octanol–water partition coefficient (Wildman–Crippen LogP) is 1.47. The van der Waals surface area contributed by atoms with Crippen molar-refractivity contribution in [1.29, 1.82) is 0 Å². The van der Waals surface area contributed by atoms with Gasteiger partial charge in [-0.15, -0.1) is 0 Å². The van der Waals surface area contributed by atoms with Crippen LogP contribution in [0.5, 0.6) is 23.1 Å². The molecule has 0 fully saturated rings. The lowest BCUT2D eigenvalue weighted by atomic mass is 10.1. The molecule has 2 N–H and O–H groups in total. The maximum atomic E-state index is 5.68. The summed E-state index contributed by atoms with van der Waals surface area (Å²) in [5.74, 6) is 2.39. The molecule has 0 radical (unpaired) electrons. The van der Waals surface area contributed by atoms with Crippen LogP contribution in [0.15, 0.2) is 18.2 Å². The molecule has 20 heavy (non-hydrogen) atoms. The van der Waals surface area contributed by atoms with Crippen LogP contribution in [0.3, 0.4) is 0 Å². The van der Waals surface area contributed by atoms with Gasteiger partial charge in [0, 0.05) is 17.7 Å². The first-order valence-electron chi connectivity index (χ1n) is 5.88. The number of rotatable bonds is 3. The van der Waals surface area contributed by atoms with Crippen LogP contribution in [-0.4, -0.2) is 31.0 Å². The molecule has 0 saturated carbocycles. The van der Waals surface area contributed by atoms with E-state index in [1.54, 1.807) is 25.3 Å². The second kappa shape index (κ2) is 4.76. The summed E-state index contributed by atoms with van der Waals surface area (Å²) in [4.78, 5) is 8.15. The van der Waals surface area contributed by atoms with E-state index in [2.05, 4.69) is 9.97 Å². The number of fused-ring (bicyclic) bond motifs is 1. The molecule has 1 aromatic carbocycles. The summed E-state index contributed by atoms with van der Waals surface area (Å²) in [6.07, 6.45) is 0. The standard InChI is InChI=1S/C13H13N3O4/c1-17-9-5-11-10(19-6-20-11)3-7(9)8-4-12(18-2)16-13(14)15-8/h3-5H,6H2,1-2H3,(H2,14,15,16). The monoisotopic (exact) mass is 275 g/mol. The molecule has 1 aliphatic heterocycles. The zero-order valence-corrected chi connectivity index (χ0v) is 11.0. The van der Waals surface area contributed by atoms with Crippen molar-refractivity contribution in [3.8, 4) is 34.4 Å². The molecule has 1 aromatic heterocycles. The van der Waals surface area contributed by atoms with Crippen LogP contribution in [0.1, 0.15) is 0 Å². The summed E-state index contributed by atoms with van der Waals surface area (Å²) in [5, 5.41) is 0. The lowest BCUT2D eigenvalue weighted by molar-refractivity contribution is 0.174. The van der Waals surface area contributed by atoms with Crippen LogP contribution in [0, 0.1) is 0 Å². The smallest absolute Gasteiger partial charge is 0.231 e. The van der Waals surface area contributed by atoms with Crippen LogP contribution in [0.4, 0.5) is 5.95 Å². The molecular weight excluding hydrogens is 262 g/mol. The highest BCUT2D eigenvalue weighted by molar-refractivity contribution is 5.73. The Bertz CT molecular complexity index is 660. The fraction of sp³-hybridized carbons (Fsp3) is 0.231. The van der Waals surface area contributed by atoms with Gasteiger partial charge in [-0.3, -0.25) is 0 Å². The molecule has 104 valence electrons. The van der Waals surface area contributed by atoms with Crippen molar-refractivity contribution in [2.45, 2.75) is 0 Å². The summed E-state index contributed by atoms with van der Waals surface area (Å²) >= 11 is 0. The van der Waals surface area contributed by atoms with Crippen molar-refractivity contribution in [1.82, 2.24) is 9.97 Å². The zero-order valence-electron chi connectivity index (χ0n) is 11.0. The van der Waals surface area contributed by atoms with Gasteiger partial charge >= 0.3 is 0 Å². The minimum absolute atomic E-state index is 0.124. The van der Waals surface area contributed by atoms with Crippen LogP contribution in [0.25, 0.3) is 11.3 Å². The lowest BCUT2D eigenvalue weighted by Crippen LogP contribution is -2.00. The van der Waals surface area contributed by atoms with Gasteiger partial charge in [-0.25, -0.2) is 4.98 Å². The summed E-state index contributed by atoms with van der Waals surface area (Å²) < 4.78 is 21.1. The highest BCUT2D eigenvalue weighted by Gasteiger charge is 2.20. The van der Waals surface area contributed by atoms with E-state index in [4.69, 9.17) is 24.7 Å².